The van der Waals surface area contributed by atoms with E-state index in [2.05, 4.69) is 5.32 Å². The van der Waals surface area contributed by atoms with Crippen LogP contribution in [0.25, 0.3) is 0 Å². The molecule has 1 aromatic rings. The number of nitrogens with one attached hydrogen (secondary N) is 1. The second-order valence-corrected chi connectivity index (χ2v) is 3.98. The van der Waals surface area contributed by atoms with Gasteiger partial charge >= 0.3 is 0 Å². The van der Waals surface area contributed by atoms with Crippen molar-refractivity contribution < 1.29 is 4.79 Å². The molecule has 0 bridgehead atoms. The predicted molar refractivity (Wildman–Crippen MR) is 50.3 cm³/mol. The van der Waals surface area contributed by atoms with Crippen molar-refractivity contribution in [3.8, 4) is 0 Å². The van der Waals surface area contributed by atoms with E-state index in [0.717, 1.165) is 4.88 Å². The molecule has 1 rings (SSSR count). The van der Waals surface area contributed by atoms with E-state index in [-0.39, 0.29) is 5.91 Å². The molecule has 0 radical (unpaired) electrons. The van der Waals surface area contributed by atoms with Gasteiger partial charge < -0.3 is 11.1 Å². The maximum atomic E-state index is 11.0. The lowest BCUT2D eigenvalue weighted by molar-refractivity contribution is -0.121. The van der Waals surface area contributed by atoms with Gasteiger partial charge in [-0.05, 0) is 12.1 Å². The van der Waals surface area contributed by atoms with Gasteiger partial charge in [-0.3, -0.25) is 4.79 Å². The van der Waals surface area contributed by atoms with E-state index < -0.39 is 6.04 Å². The maximum absolute atomic E-state index is 11.0. The van der Waals surface area contributed by atoms with Gasteiger partial charge in [0, 0.05) is 11.9 Å². The summed E-state index contributed by atoms with van der Waals surface area (Å²) in [4.78, 5) is 11.8. The van der Waals surface area contributed by atoms with Gasteiger partial charge in [-0.1, -0.05) is 11.6 Å². The third-order valence-corrected chi connectivity index (χ3v) is 2.74. The summed E-state index contributed by atoms with van der Waals surface area (Å²) in [5, 5.41) is 2.47. The third-order valence-electron chi connectivity index (χ3n) is 1.43. The van der Waals surface area contributed by atoms with Crippen molar-refractivity contribution in [2.24, 2.45) is 5.73 Å². The molecule has 0 saturated heterocycles. The Morgan fingerprint density at radius 2 is 2.42 bits per heavy atom. The zero-order valence-corrected chi connectivity index (χ0v) is 8.08. The van der Waals surface area contributed by atoms with Gasteiger partial charge in [0.05, 0.1) is 4.34 Å². The Labute approximate surface area is 79.5 Å². The van der Waals surface area contributed by atoms with Crippen LogP contribution in [0.15, 0.2) is 12.1 Å². The number of thiophene rings is 1. The number of likely N-dealkylation sites (N-methyl/N-ethyl adjacent to an activating group) is 1. The van der Waals surface area contributed by atoms with Gasteiger partial charge in [0.25, 0.3) is 0 Å². The molecule has 66 valence electrons. The van der Waals surface area contributed by atoms with Crippen LogP contribution in [0.2, 0.25) is 4.34 Å². The molecule has 1 unspecified atom stereocenters. The van der Waals surface area contributed by atoms with Gasteiger partial charge in [-0.25, -0.2) is 0 Å². The minimum Gasteiger partial charge on any atom is -0.357 e. The second kappa shape index (κ2) is 3.89. The molecule has 1 atom stereocenters. The van der Waals surface area contributed by atoms with E-state index in [0.29, 0.717) is 4.34 Å². The minimum atomic E-state index is -0.604. The van der Waals surface area contributed by atoms with Crippen LogP contribution in [-0.2, 0) is 4.79 Å². The maximum Gasteiger partial charge on any atom is 0.242 e. The zero-order chi connectivity index (χ0) is 9.14. The van der Waals surface area contributed by atoms with Crippen molar-refractivity contribution in [2.45, 2.75) is 6.04 Å². The summed E-state index contributed by atoms with van der Waals surface area (Å²) in [6.45, 7) is 0. The monoisotopic (exact) mass is 204 g/mol. The van der Waals surface area contributed by atoms with Crippen LogP contribution in [0.3, 0.4) is 0 Å². The van der Waals surface area contributed by atoms with E-state index in [9.17, 15) is 4.79 Å². The number of hydrogen-bond donors (Lipinski definition) is 2. The molecule has 3 nitrogen and oxygen atoms in total. The van der Waals surface area contributed by atoms with E-state index in [1.54, 1.807) is 19.2 Å². The summed E-state index contributed by atoms with van der Waals surface area (Å²) in [6.07, 6.45) is 0. The topological polar surface area (TPSA) is 55.1 Å². The van der Waals surface area contributed by atoms with Crippen molar-refractivity contribution in [3.05, 3.63) is 21.3 Å². The Balaban J connectivity index is 2.77. The summed E-state index contributed by atoms with van der Waals surface area (Å²) >= 11 is 7.00. The van der Waals surface area contributed by atoms with E-state index >= 15 is 0 Å². The van der Waals surface area contributed by atoms with Crippen LogP contribution in [-0.4, -0.2) is 13.0 Å². The average molecular weight is 205 g/mol. The normalized spacial score (nSPS) is 12.6. The summed E-state index contributed by atoms with van der Waals surface area (Å²) in [7, 11) is 1.55. The average Bonchev–Trinajstić information content (AvgIpc) is 2.49. The first kappa shape index (κ1) is 9.51. The Kier molecular flexibility index (Phi) is 3.08. The highest BCUT2D eigenvalue weighted by Gasteiger charge is 2.15. The molecular weight excluding hydrogens is 196 g/mol. The number of hydrogen-bond acceptors (Lipinski definition) is 3. The molecule has 3 N–H and O–H groups in total. The molecule has 0 aliphatic rings. The molecule has 1 amide bonds. The number of carbonyl (C=O) groups excluding carboxylic acids is 1. The molecule has 1 aromatic heterocycles. The largest absolute Gasteiger partial charge is 0.357 e. The Morgan fingerprint density at radius 1 is 1.75 bits per heavy atom. The Hall–Kier alpha value is -0.580. The first-order chi connectivity index (χ1) is 5.65. The molecule has 0 saturated carbocycles. The van der Waals surface area contributed by atoms with Crippen molar-refractivity contribution in [1.29, 1.82) is 0 Å². The molecule has 0 aliphatic heterocycles. The van der Waals surface area contributed by atoms with Crippen LogP contribution >= 0.6 is 22.9 Å². The minimum absolute atomic E-state index is 0.200. The lowest BCUT2D eigenvalue weighted by Gasteiger charge is -2.06. The van der Waals surface area contributed by atoms with Gasteiger partial charge in [0.1, 0.15) is 6.04 Å². The van der Waals surface area contributed by atoms with E-state index in [1.165, 1.54) is 11.3 Å². The highest BCUT2D eigenvalue weighted by atomic mass is 35.5. The Morgan fingerprint density at radius 3 is 2.83 bits per heavy atom. The molecule has 12 heavy (non-hydrogen) atoms. The number of halogens is 1. The van der Waals surface area contributed by atoms with Gasteiger partial charge in [-0.2, -0.15) is 0 Å². The highest BCUT2D eigenvalue weighted by molar-refractivity contribution is 7.16. The number of nitrogens with two attached hydrogens (primary N) is 1. The first-order valence-corrected chi connectivity index (χ1v) is 4.57. The predicted octanol–water partition coefficient (Wildman–Crippen LogP) is 1.15. The Bertz CT molecular complexity index is 287. The zero-order valence-electron chi connectivity index (χ0n) is 6.50. The quantitative estimate of drug-likeness (QED) is 0.760. The summed E-state index contributed by atoms with van der Waals surface area (Å²) in [5.74, 6) is -0.200. The van der Waals surface area contributed by atoms with Crippen molar-refractivity contribution >= 4 is 28.8 Å². The van der Waals surface area contributed by atoms with Crippen LogP contribution in [0.1, 0.15) is 10.9 Å². The van der Waals surface area contributed by atoms with Crippen LogP contribution < -0.4 is 11.1 Å². The van der Waals surface area contributed by atoms with Crippen molar-refractivity contribution in [2.75, 3.05) is 7.05 Å². The fourth-order valence-electron chi connectivity index (χ4n) is 0.780. The van der Waals surface area contributed by atoms with Gasteiger partial charge in [0.2, 0.25) is 5.91 Å². The van der Waals surface area contributed by atoms with Crippen molar-refractivity contribution in [3.63, 3.8) is 0 Å². The van der Waals surface area contributed by atoms with Crippen LogP contribution in [0, 0.1) is 0 Å². The molecule has 5 heteroatoms. The van der Waals surface area contributed by atoms with E-state index in [1.807, 2.05) is 0 Å². The lowest BCUT2D eigenvalue weighted by atomic mass is 10.2. The van der Waals surface area contributed by atoms with Gasteiger partial charge in [-0.15, -0.1) is 11.3 Å². The summed E-state index contributed by atoms with van der Waals surface area (Å²) in [6, 6.07) is 2.88. The molecular formula is C7H9ClN2OS. The third kappa shape index (κ3) is 1.97. The highest BCUT2D eigenvalue weighted by Crippen LogP contribution is 2.25. The van der Waals surface area contributed by atoms with Crippen LogP contribution in [0.5, 0.6) is 0 Å². The number of amides is 1. The first-order valence-electron chi connectivity index (χ1n) is 3.37. The van der Waals surface area contributed by atoms with E-state index in [4.69, 9.17) is 17.3 Å². The lowest BCUT2D eigenvalue weighted by Crippen LogP contribution is -2.30. The molecule has 0 aromatic carbocycles. The smallest absolute Gasteiger partial charge is 0.242 e. The molecule has 0 aliphatic carbocycles. The molecule has 1 heterocycles. The standard InChI is InChI=1S/C7H9ClN2OS/c1-10-7(11)6(9)4-2-3-5(8)12-4/h2-3,6H,9H2,1H3,(H,10,11). The number of carbonyl (C=O) groups is 1. The second-order valence-electron chi connectivity index (χ2n) is 2.23. The fraction of sp³-hybridized carbons (Fsp3) is 0.286. The fourth-order valence-corrected chi connectivity index (χ4v) is 1.84. The summed E-state index contributed by atoms with van der Waals surface area (Å²) < 4.78 is 0.643. The van der Waals surface area contributed by atoms with Crippen LogP contribution in [0.4, 0.5) is 0 Å². The molecule has 0 fully saturated rings. The van der Waals surface area contributed by atoms with Gasteiger partial charge in [0.15, 0.2) is 0 Å². The molecule has 0 spiro atoms. The number of rotatable bonds is 2. The van der Waals surface area contributed by atoms with Crippen molar-refractivity contribution in [1.82, 2.24) is 5.32 Å². The SMILES string of the molecule is CNC(=O)C(N)c1ccc(Cl)s1. The summed E-state index contributed by atoms with van der Waals surface area (Å²) in [5.41, 5.74) is 5.60.